The van der Waals surface area contributed by atoms with Crippen LogP contribution in [0.4, 0.5) is 5.69 Å². The van der Waals surface area contributed by atoms with Gasteiger partial charge in [-0.25, -0.2) is 0 Å². The Kier molecular flexibility index (Phi) is 16.6. The van der Waals surface area contributed by atoms with Crippen molar-refractivity contribution < 1.29 is 28.5 Å². The fourth-order valence-electron chi connectivity index (χ4n) is 2.66. The van der Waals surface area contributed by atoms with Gasteiger partial charge in [-0.2, -0.15) is 0 Å². The summed E-state index contributed by atoms with van der Waals surface area (Å²) in [5.74, 6) is -0.537. The van der Waals surface area contributed by atoms with Crippen molar-refractivity contribution in [2.75, 3.05) is 77.8 Å². The van der Waals surface area contributed by atoms with E-state index < -0.39 is 0 Å². The standard InChI is InChI=1S/C22H37N5O6S/c1-17-15-18(3-4-19(17)21(29)27-22(24)34)26-16-20(28)25-6-8-31-10-12-33-14-13-32-11-9-30-7-2-5-23/h3-4,15,26H,2,5-14,16,23H2,1H3,(H,25,28)(H3,24,27,29,34). The Balaban J connectivity index is 2.01. The van der Waals surface area contributed by atoms with Gasteiger partial charge in [0.2, 0.25) is 5.91 Å². The predicted molar refractivity (Wildman–Crippen MR) is 134 cm³/mol. The van der Waals surface area contributed by atoms with E-state index in [1.807, 2.05) is 0 Å². The summed E-state index contributed by atoms with van der Waals surface area (Å²) in [5, 5.41) is 8.08. The fourth-order valence-corrected chi connectivity index (χ4v) is 2.75. The summed E-state index contributed by atoms with van der Waals surface area (Å²) in [5.41, 5.74) is 12.6. The second-order valence-electron chi connectivity index (χ2n) is 7.14. The van der Waals surface area contributed by atoms with Crippen molar-refractivity contribution in [3.63, 3.8) is 0 Å². The molecule has 0 saturated heterocycles. The molecule has 1 aromatic carbocycles. The van der Waals surface area contributed by atoms with Gasteiger partial charge < -0.3 is 41.0 Å². The van der Waals surface area contributed by atoms with Crippen molar-refractivity contribution in [1.82, 2.24) is 10.6 Å². The van der Waals surface area contributed by atoms with Crippen molar-refractivity contribution in [2.24, 2.45) is 11.5 Å². The van der Waals surface area contributed by atoms with Crippen molar-refractivity contribution in [1.29, 1.82) is 0 Å². The van der Waals surface area contributed by atoms with Crippen LogP contribution in [0, 0.1) is 6.92 Å². The number of carbonyl (C=O) groups is 2. The van der Waals surface area contributed by atoms with Gasteiger partial charge in [0.05, 0.1) is 52.8 Å². The van der Waals surface area contributed by atoms with Gasteiger partial charge in [0.25, 0.3) is 5.91 Å². The Labute approximate surface area is 206 Å². The summed E-state index contributed by atoms with van der Waals surface area (Å²) < 4.78 is 21.5. The van der Waals surface area contributed by atoms with Crippen LogP contribution in [0.3, 0.4) is 0 Å². The van der Waals surface area contributed by atoms with Gasteiger partial charge >= 0.3 is 0 Å². The smallest absolute Gasteiger partial charge is 0.257 e. The van der Waals surface area contributed by atoms with E-state index in [0.717, 1.165) is 17.7 Å². The van der Waals surface area contributed by atoms with Gasteiger partial charge in [-0.05, 0) is 55.9 Å². The van der Waals surface area contributed by atoms with Crippen molar-refractivity contribution in [3.05, 3.63) is 29.3 Å². The molecule has 0 fully saturated rings. The lowest BCUT2D eigenvalue weighted by Crippen LogP contribution is -2.35. The monoisotopic (exact) mass is 499 g/mol. The Bertz CT molecular complexity index is 752. The van der Waals surface area contributed by atoms with Crippen LogP contribution in [-0.4, -0.2) is 89.4 Å². The first-order valence-electron chi connectivity index (χ1n) is 11.2. The third kappa shape index (κ3) is 14.7. The third-order valence-electron chi connectivity index (χ3n) is 4.34. The number of benzene rings is 1. The molecular formula is C22H37N5O6S. The maximum Gasteiger partial charge on any atom is 0.257 e. The van der Waals surface area contributed by atoms with Crippen LogP contribution < -0.4 is 27.4 Å². The molecule has 0 spiro atoms. The second-order valence-corrected chi connectivity index (χ2v) is 7.58. The number of nitrogens with one attached hydrogen (secondary N) is 3. The average Bonchev–Trinajstić information content (AvgIpc) is 2.79. The van der Waals surface area contributed by atoms with Crippen LogP contribution >= 0.6 is 12.2 Å². The molecule has 0 heterocycles. The summed E-state index contributed by atoms with van der Waals surface area (Å²) in [4.78, 5) is 23.9. The molecule has 192 valence electrons. The van der Waals surface area contributed by atoms with Crippen molar-refractivity contribution in [2.45, 2.75) is 13.3 Å². The molecular weight excluding hydrogens is 462 g/mol. The number of anilines is 1. The molecule has 0 aliphatic rings. The number of rotatable bonds is 19. The SMILES string of the molecule is Cc1cc(NCC(=O)NCCOCCOCCOCCOCCCN)ccc1C(=O)NC(N)=S. The maximum absolute atomic E-state index is 12.0. The van der Waals surface area contributed by atoms with E-state index in [4.69, 9.17) is 30.4 Å². The highest BCUT2D eigenvalue weighted by atomic mass is 32.1. The average molecular weight is 500 g/mol. The number of ether oxygens (including phenoxy) is 4. The summed E-state index contributed by atoms with van der Waals surface area (Å²) in [6.07, 6.45) is 0.854. The first-order valence-corrected chi connectivity index (χ1v) is 11.6. The Hall–Kier alpha value is -2.35. The van der Waals surface area contributed by atoms with Crippen molar-refractivity contribution in [3.8, 4) is 0 Å². The quantitative estimate of drug-likeness (QED) is 0.129. The number of hydrogen-bond acceptors (Lipinski definition) is 9. The highest BCUT2D eigenvalue weighted by Gasteiger charge is 2.10. The zero-order chi connectivity index (χ0) is 25.0. The van der Waals surface area contributed by atoms with E-state index in [1.54, 1.807) is 25.1 Å². The van der Waals surface area contributed by atoms with Crippen LogP contribution in [-0.2, 0) is 23.7 Å². The fraction of sp³-hybridized carbons (Fsp3) is 0.591. The van der Waals surface area contributed by atoms with Gasteiger partial charge in [-0.15, -0.1) is 0 Å². The molecule has 0 aliphatic heterocycles. The Morgan fingerprint density at radius 2 is 1.53 bits per heavy atom. The lowest BCUT2D eigenvalue weighted by molar-refractivity contribution is -0.119. The summed E-state index contributed by atoms with van der Waals surface area (Å²) in [6, 6.07) is 5.12. The molecule has 0 atom stereocenters. The third-order valence-corrected chi connectivity index (χ3v) is 4.44. The normalized spacial score (nSPS) is 10.6. The molecule has 7 N–H and O–H groups in total. The zero-order valence-corrected chi connectivity index (χ0v) is 20.5. The highest BCUT2D eigenvalue weighted by Crippen LogP contribution is 2.15. The largest absolute Gasteiger partial charge is 0.379 e. The van der Waals surface area contributed by atoms with Gasteiger partial charge in [0.1, 0.15) is 0 Å². The number of thiocarbonyl (C=S) groups is 1. The van der Waals surface area contributed by atoms with Crippen LogP contribution in [0.25, 0.3) is 0 Å². The molecule has 0 aromatic heterocycles. The van der Waals surface area contributed by atoms with E-state index >= 15 is 0 Å². The molecule has 34 heavy (non-hydrogen) atoms. The lowest BCUT2D eigenvalue weighted by atomic mass is 10.1. The molecule has 2 amide bonds. The van der Waals surface area contributed by atoms with Crippen LogP contribution in [0.15, 0.2) is 18.2 Å². The van der Waals surface area contributed by atoms with Crippen molar-refractivity contribution >= 4 is 34.8 Å². The van der Waals surface area contributed by atoms with E-state index in [2.05, 4.69) is 28.2 Å². The zero-order valence-electron chi connectivity index (χ0n) is 19.7. The summed E-state index contributed by atoms with van der Waals surface area (Å²) in [7, 11) is 0. The molecule has 0 bridgehead atoms. The highest BCUT2D eigenvalue weighted by molar-refractivity contribution is 7.80. The Morgan fingerprint density at radius 1 is 0.941 bits per heavy atom. The number of nitrogens with two attached hydrogens (primary N) is 2. The van der Waals surface area contributed by atoms with Gasteiger partial charge in [0, 0.05) is 24.4 Å². The van der Waals surface area contributed by atoms with E-state index in [1.165, 1.54) is 0 Å². The first kappa shape index (κ1) is 29.7. The lowest BCUT2D eigenvalue weighted by Gasteiger charge is -2.11. The molecule has 1 rings (SSSR count). The molecule has 1 aromatic rings. The van der Waals surface area contributed by atoms with Gasteiger partial charge in [0.15, 0.2) is 5.11 Å². The van der Waals surface area contributed by atoms with E-state index in [0.29, 0.717) is 71.5 Å². The summed E-state index contributed by atoms with van der Waals surface area (Å²) >= 11 is 4.67. The van der Waals surface area contributed by atoms with Crippen LogP contribution in [0.5, 0.6) is 0 Å². The second kappa shape index (κ2) is 19.0. The van der Waals surface area contributed by atoms with Gasteiger partial charge in [-0.1, -0.05) is 0 Å². The minimum Gasteiger partial charge on any atom is -0.379 e. The van der Waals surface area contributed by atoms with E-state index in [-0.39, 0.29) is 23.5 Å². The first-order chi connectivity index (χ1) is 16.4. The molecule has 0 aliphatic carbocycles. The minimum absolute atomic E-state index is 0.0823. The number of carbonyl (C=O) groups excluding carboxylic acids is 2. The molecule has 0 saturated carbocycles. The van der Waals surface area contributed by atoms with Crippen LogP contribution in [0.2, 0.25) is 0 Å². The number of aryl methyl sites for hydroxylation is 1. The van der Waals surface area contributed by atoms with E-state index in [9.17, 15) is 9.59 Å². The molecule has 0 radical (unpaired) electrons. The molecule has 11 nitrogen and oxygen atoms in total. The summed E-state index contributed by atoms with van der Waals surface area (Å²) in [6.45, 7) is 6.92. The van der Waals surface area contributed by atoms with Gasteiger partial charge in [-0.3, -0.25) is 14.9 Å². The maximum atomic E-state index is 12.0. The topological polar surface area (TPSA) is 159 Å². The Morgan fingerprint density at radius 3 is 2.09 bits per heavy atom. The minimum atomic E-state index is -0.368. The molecule has 0 unspecified atom stereocenters. The molecule has 12 heteroatoms. The number of amides is 2. The number of hydrogen-bond donors (Lipinski definition) is 5. The predicted octanol–water partition coefficient (Wildman–Crippen LogP) is -0.0883. The van der Waals surface area contributed by atoms with Crippen LogP contribution in [0.1, 0.15) is 22.3 Å².